The lowest BCUT2D eigenvalue weighted by atomic mass is 10.1. The summed E-state index contributed by atoms with van der Waals surface area (Å²) in [5, 5.41) is 0. The molecule has 0 aromatic rings. The molecule has 0 atom stereocenters. The maximum Gasteiger partial charge on any atom is 0.305 e. The Morgan fingerprint density at radius 1 is 0.800 bits per heavy atom. The van der Waals surface area contributed by atoms with Crippen LogP contribution >= 0.6 is 0 Å². The first-order chi connectivity index (χ1) is 12.2. The highest BCUT2D eigenvalue weighted by molar-refractivity contribution is 5.69. The van der Waals surface area contributed by atoms with E-state index in [-0.39, 0.29) is 5.97 Å². The van der Waals surface area contributed by atoms with E-state index in [1.54, 1.807) is 0 Å². The fourth-order valence-corrected chi connectivity index (χ4v) is 2.75. The number of nitrogens with zero attached hydrogens (tertiary/aromatic N) is 1. The third-order valence-corrected chi connectivity index (χ3v) is 4.44. The number of likely N-dealkylation sites (N-methyl/N-ethyl adjacent to an activating group) is 1. The lowest BCUT2D eigenvalue weighted by molar-refractivity contribution is -0.144. The molecule has 3 heteroatoms. The first-order valence-corrected chi connectivity index (χ1v) is 10.6. The number of hydrogen-bond acceptors (Lipinski definition) is 3. The van der Waals surface area contributed by atoms with Crippen molar-refractivity contribution in [2.24, 2.45) is 0 Å². The molecule has 25 heavy (non-hydrogen) atoms. The van der Waals surface area contributed by atoms with Gasteiger partial charge in [-0.05, 0) is 46.2 Å². The number of esters is 1. The second-order valence-corrected chi connectivity index (χ2v) is 7.36. The molecule has 0 N–H and O–H groups in total. The first kappa shape index (κ1) is 24.2. The molecule has 0 amide bonds. The smallest absolute Gasteiger partial charge is 0.305 e. The van der Waals surface area contributed by atoms with E-state index in [1.807, 2.05) is 19.0 Å². The van der Waals surface area contributed by atoms with Crippen molar-refractivity contribution in [2.45, 2.75) is 96.8 Å². The summed E-state index contributed by atoms with van der Waals surface area (Å²) in [6.45, 7) is 3.58. The van der Waals surface area contributed by atoms with Crippen molar-refractivity contribution in [3.8, 4) is 0 Å². The summed E-state index contributed by atoms with van der Waals surface area (Å²) in [5.41, 5.74) is 0. The summed E-state index contributed by atoms with van der Waals surface area (Å²) >= 11 is 0. The molecule has 0 aromatic heterocycles. The predicted octanol–water partition coefficient (Wildman–Crippen LogP) is 6.13. The van der Waals surface area contributed by atoms with Crippen LogP contribution < -0.4 is 0 Å². The Hall–Kier alpha value is -0.830. The van der Waals surface area contributed by atoms with Crippen LogP contribution in [0.3, 0.4) is 0 Å². The third-order valence-electron chi connectivity index (χ3n) is 4.44. The Labute approximate surface area is 157 Å². The fraction of sp³-hybridized carbons (Fsp3) is 0.864. The molecule has 0 saturated carbocycles. The Morgan fingerprint density at radius 2 is 1.32 bits per heavy atom. The normalized spacial score (nSPS) is 11.5. The van der Waals surface area contributed by atoms with E-state index in [4.69, 9.17) is 4.74 Å². The van der Waals surface area contributed by atoms with E-state index < -0.39 is 0 Å². The largest absolute Gasteiger partial charge is 0.464 e. The standard InChI is InChI=1S/C22H43NO2/c1-4-5-6-7-8-9-10-11-12-13-14-15-16-17-18-19-22(24)25-21-20-23(2)3/h11-12H,4-10,13-21H2,1-3H3/b12-11+. The molecule has 3 nitrogen and oxygen atoms in total. The zero-order valence-corrected chi connectivity index (χ0v) is 17.2. The molecule has 0 heterocycles. The topological polar surface area (TPSA) is 29.5 Å². The van der Waals surface area contributed by atoms with Gasteiger partial charge in [0.2, 0.25) is 0 Å². The first-order valence-electron chi connectivity index (χ1n) is 10.6. The molecule has 0 aliphatic heterocycles. The predicted molar refractivity (Wildman–Crippen MR) is 109 cm³/mol. The van der Waals surface area contributed by atoms with E-state index >= 15 is 0 Å². The van der Waals surface area contributed by atoms with Gasteiger partial charge in [-0.15, -0.1) is 0 Å². The zero-order valence-electron chi connectivity index (χ0n) is 17.2. The average molecular weight is 354 g/mol. The lowest BCUT2D eigenvalue weighted by Crippen LogP contribution is -2.20. The molecule has 0 spiro atoms. The number of hydrogen-bond donors (Lipinski definition) is 0. The highest BCUT2D eigenvalue weighted by atomic mass is 16.5. The zero-order chi connectivity index (χ0) is 18.6. The average Bonchev–Trinajstić information content (AvgIpc) is 2.58. The lowest BCUT2D eigenvalue weighted by Gasteiger charge is -2.09. The van der Waals surface area contributed by atoms with Crippen LogP contribution in [0.4, 0.5) is 0 Å². The van der Waals surface area contributed by atoms with Crippen molar-refractivity contribution in [1.82, 2.24) is 4.90 Å². The second-order valence-electron chi connectivity index (χ2n) is 7.36. The number of unbranched alkanes of at least 4 members (excludes halogenated alkanes) is 11. The molecular weight excluding hydrogens is 310 g/mol. The highest BCUT2D eigenvalue weighted by Gasteiger charge is 2.02. The molecule has 0 unspecified atom stereocenters. The quantitative estimate of drug-likeness (QED) is 0.169. The second kappa shape index (κ2) is 19.5. The van der Waals surface area contributed by atoms with Gasteiger partial charge in [0, 0.05) is 13.0 Å². The van der Waals surface area contributed by atoms with Gasteiger partial charge in [-0.3, -0.25) is 4.79 Å². The van der Waals surface area contributed by atoms with Crippen LogP contribution in [0.2, 0.25) is 0 Å². The van der Waals surface area contributed by atoms with Gasteiger partial charge in [-0.25, -0.2) is 0 Å². The van der Waals surface area contributed by atoms with Crippen molar-refractivity contribution >= 4 is 5.97 Å². The minimum Gasteiger partial charge on any atom is -0.464 e. The molecule has 0 fully saturated rings. The molecule has 0 rings (SSSR count). The molecule has 0 bridgehead atoms. The molecule has 0 saturated heterocycles. The Balaban J connectivity index is 3.20. The van der Waals surface area contributed by atoms with Crippen LogP contribution in [0.1, 0.15) is 96.8 Å². The molecule has 0 radical (unpaired) electrons. The van der Waals surface area contributed by atoms with Crippen molar-refractivity contribution < 1.29 is 9.53 Å². The summed E-state index contributed by atoms with van der Waals surface area (Å²) in [7, 11) is 3.97. The van der Waals surface area contributed by atoms with Gasteiger partial charge in [-0.1, -0.05) is 70.4 Å². The van der Waals surface area contributed by atoms with Gasteiger partial charge in [0.15, 0.2) is 0 Å². The molecule has 0 aliphatic carbocycles. The van der Waals surface area contributed by atoms with Gasteiger partial charge < -0.3 is 9.64 Å². The van der Waals surface area contributed by atoms with Gasteiger partial charge in [0.25, 0.3) is 0 Å². The maximum atomic E-state index is 11.5. The van der Waals surface area contributed by atoms with Crippen LogP contribution in [0.25, 0.3) is 0 Å². The molecular formula is C22H43NO2. The van der Waals surface area contributed by atoms with Crippen LogP contribution in [0, 0.1) is 0 Å². The number of rotatable bonds is 18. The Morgan fingerprint density at radius 3 is 1.88 bits per heavy atom. The van der Waals surface area contributed by atoms with Gasteiger partial charge >= 0.3 is 5.97 Å². The summed E-state index contributed by atoms with van der Waals surface area (Å²) in [6, 6.07) is 0. The maximum absolute atomic E-state index is 11.5. The summed E-state index contributed by atoms with van der Waals surface area (Å²) < 4.78 is 5.18. The van der Waals surface area contributed by atoms with Gasteiger partial charge in [0.1, 0.15) is 6.61 Å². The van der Waals surface area contributed by atoms with Crippen molar-refractivity contribution in [3.63, 3.8) is 0 Å². The van der Waals surface area contributed by atoms with Gasteiger partial charge in [0.05, 0.1) is 0 Å². The van der Waals surface area contributed by atoms with Crippen LogP contribution in [0.15, 0.2) is 12.2 Å². The highest BCUT2D eigenvalue weighted by Crippen LogP contribution is 2.10. The van der Waals surface area contributed by atoms with Crippen molar-refractivity contribution in [2.75, 3.05) is 27.2 Å². The number of ether oxygens (including phenoxy) is 1. The van der Waals surface area contributed by atoms with Crippen molar-refractivity contribution in [3.05, 3.63) is 12.2 Å². The summed E-state index contributed by atoms with van der Waals surface area (Å²) in [5.74, 6) is -0.0422. The van der Waals surface area contributed by atoms with Crippen LogP contribution in [-0.4, -0.2) is 38.1 Å². The minimum absolute atomic E-state index is 0.0422. The fourth-order valence-electron chi connectivity index (χ4n) is 2.75. The third kappa shape index (κ3) is 21.1. The van der Waals surface area contributed by atoms with E-state index in [9.17, 15) is 4.79 Å². The number of carbonyl (C=O) groups is 1. The monoisotopic (exact) mass is 353 g/mol. The Bertz CT molecular complexity index is 313. The Kier molecular flexibility index (Phi) is 18.8. The van der Waals surface area contributed by atoms with Gasteiger partial charge in [-0.2, -0.15) is 0 Å². The molecule has 148 valence electrons. The van der Waals surface area contributed by atoms with E-state index in [2.05, 4.69) is 19.1 Å². The van der Waals surface area contributed by atoms with Crippen LogP contribution in [0.5, 0.6) is 0 Å². The number of allylic oxidation sites excluding steroid dienone is 2. The van der Waals surface area contributed by atoms with E-state index in [1.165, 1.54) is 70.6 Å². The SMILES string of the molecule is CCCCCCCC/C=C/CCCCCCCC(=O)OCCN(C)C. The molecule has 0 aromatic carbocycles. The van der Waals surface area contributed by atoms with Crippen molar-refractivity contribution in [1.29, 1.82) is 0 Å². The minimum atomic E-state index is -0.0422. The molecule has 0 aliphatic rings. The van der Waals surface area contributed by atoms with E-state index in [0.717, 1.165) is 19.4 Å². The van der Waals surface area contributed by atoms with E-state index in [0.29, 0.717) is 13.0 Å². The number of carbonyl (C=O) groups excluding carboxylic acids is 1. The summed E-state index contributed by atoms with van der Waals surface area (Å²) in [4.78, 5) is 13.5. The summed E-state index contributed by atoms with van der Waals surface area (Å²) in [6.07, 6.45) is 21.9. The van der Waals surface area contributed by atoms with Crippen LogP contribution in [-0.2, 0) is 9.53 Å².